The summed E-state index contributed by atoms with van der Waals surface area (Å²) in [5.74, 6) is 0.974. The maximum absolute atomic E-state index is 11.7. The third-order valence-electron chi connectivity index (χ3n) is 2.35. The smallest absolute Gasteiger partial charge is 0.260 e. The van der Waals surface area contributed by atoms with Crippen molar-refractivity contribution in [2.24, 2.45) is 0 Å². The normalized spacial score (nSPS) is 11.7. The lowest BCUT2D eigenvalue weighted by Gasteiger charge is -2.16. The van der Waals surface area contributed by atoms with Crippen LogP contribution in [0.2, 0.25) is 0 Å². The van der Waals surface area contributed by atoms with Crippen LogP contribution in [0.5, 0.6) is 11.5 Å². The minimum atomic E-state index is -0.585. The van der Waals surface area contributed by atoms with Crippen molar-refractivity contribution in [3.8, 4) is 11.5 Å². The fraction of sp³-hybridized carbons (Fsp3) is 0.462. The lowest BCUT2D eigenvalue weighted by atomic mass is 10.3. The van der Waals surface area contributed by atoms with Crippen molar-refractivity contribution in [2.45, 2.75) is 13.0 Å². The molecule has 0 saturated heterocycles. The summed E-state index contributed by atoms with van der Waals surface area (Å²) >= 11 is 0. The molecule has 18 heavy (non-hydrogen) atoms. The van der Waals surface area contributed by atoms with Crippen molar-refractivity contribution < 1.29 is 19.0 Å². The summed E-state index contributed by atoms with van der Waals surface area (Å²) in [5.41, 5.74) is 0. The molecule has 1 aromatic carbocycles. The molecule has 1 rings (SSSR count). The van der Waals surface area contributed by atoms with E-state index in [1.165, 1.54) is 0 Å². The summed E-state index contributed by atoms with van der Waals surface area (Å²) in [6.45, 7) is 2.64. The van der Waals surface area contributed by atoms with E-state index in [-0.39, 0.29) is 5.91 Å². The van der Waals surface area contributed by atoms with Gasteiger partial charge in [0.25, 0.3) is 5.91 Å². The fourth-order valence-corrected chi connectivity index (χ4v) is 1.38. The zero-order valence-electron chi connectivity index (χ0n) is 10.9. The minimum Gasteiger partial charge on any atom is -0.493 e. The molecule has 1 N–H and O–H groups in total. The molecule has 100 valence electrons. The number of carbonyl (C=O) groups is 1. The Morgan fingerprint density at radius 3 is 2.56 bits per heavy atom. The topological polar surface area (TPSA) is 56.8 Å². The lowest BCUT2D eigenvalue weighted by Crippen LogP contribution is -2.37. The quantitative estimate of drug-likeness (QED) is 0.742. The van der Waals surface area contributed by atoms with Gasteiger partial charge in [-0.1, -0.05) is 12.1 Å². The Labute approximate surface area is 107 Å². The molecule has 0 fully saturated rings. The molecule has 0 aromatic heterocycles. The minimum absolute atomic E-state index is 0.182. The third kappa shape index (κ3) is 4.25. The van der Waals surface area contributed by atoms with Gasteiger partial charge in [0.2, 0.25) is 0 Å². The molecular formula is C13H19NO4. The molecule has 0 aliphatic rings. The fourth-order valence-electron chi connectivity index (χ4n) is 1.38. The number of nitrogens with one attached hydrogen (secondary N) is 1. The van der Waals surface area contributed by atoms with Gasteiger partial charge in [0.05, 0.1) is 13.7 Å². The summed E-state index contributed by atoms with van der Waals surface area (Å²) < 4.78 is 15.5. The monoisotopic (exact) mass is 253 g/mol. The Morgan fingerprint density at radius 1 is 1.28 bits per heavy atom. The van der Waals surface area contributed by atoms with Crippen LogP contribution in [0.4, 0.5) is 0 Å². The number of para-hydroxylation sites is 2. The summed E-state index contributed by atoms with van der Waals surface area (Å²) in [7, 11) is 3.15. The molecule has 1 amide bonds. The zero-order chi connectivity index (χ0) is 13.4. The van der Waals surface area contributed by atoms with Gasteiger partial charge >= 0.3 is 0 Å². The molecule has 0 heterocycles. The van der Waals surface area contributed by atoms with E-state index in [4.69, 9.17) is 14.2 Å². The number of amides is 1. The first-order chi connectivity index (χ1) is 8.69. The van der Waals surface area contributed by atoms with Crippen LogP contribution in [0.15, 0.2) is 24.3 Å². The van der Waals surface area contributed by atoms with Crippen LogP contribution in [0.1, 0.15) is 6.92 Å². The number of methoxy groups -OCH3 is 2. The number of hydrogen-bond acceptors (Lipinski definition) is 4. The molecule has 0 bridgehead atoms. The number of rotatable bonds is 7. The standard InChI is InChI=1S/C13H19NO4/c1-10(13(15)14-8-9-16-2)18-12-7-5-4-6-11(12)17-3/h4-7,10H,8-9H2,1-3H3,(H,14,15). The highest BCUT2D eigenvalue weighted by Crippen LogP contribution is 2.26. The average molecular weight is 253 g/mol. The van der Waals surface area contributed by atoms with Crippen molar-refractivity contribution >= 4 is 5.91 Å². The lowest BCUT2D eigenvalue weighted by molar-refractivity contribution is -0.127. The zero-order valence-corrected chi connectivity index (χ0v) is 10.9. The summed E-state index contributed by atoms with van der Waals surface area (Å²) in [6, 6.07) is 7.21. The Hall–Kier alpha value is -1.75. The van der Waals surface area contributed by atoms with Crippen molar-refractivity contribution in [3.05, 3.63) is 24.3 Å². The van der Waals surface area contributed by atoms with Crippen LogP contribution >= 0.6 is 0 Å². The van der Waals surface area contributed by atoms with Gasteiger partial charge in [-0.15, -0.1) is 0 Å². The van der Waals surface area contributed by atoms with Crippen LogP contribution in [0, 0.1) is 0 Å². The van der Waals surface area contributed by atoms with Crippen molar-refractivity contribution in [1.82, 2.24) is 5.32 Å². The van der Waals surface area contributed by atoms with E-state index in [1.54, 1.807) is 33.3 Å². The highest BCUT2D eigenvalue weighted by molar-refractivity contribution is 5.80. The summed E-state index contributed by atoms with van der Waals surface area (Å²) in [4.78, 5) is 11.7. The van der Waals surface area contributed by atoms with Crippen LogP contribution in [-0.4, -0.2) is 39.4 Å². The van der Waals surface area contributed by atoms with E-state index in [9.17, 15) is 4.79 Å². The summed E-state index contributed by atoms with van der Waals surface area (Å²) in [6.07, 6.45) is -0.585. The van der Waals surface area contributed by atoms with Crippen molar-refractivity contribution in [3.63, 3.8) is 0 Å². The third-order valence-corrected chi connectivity index (χ3v) is 2.35. The van der Waals surface area contributed by atoms with Gasteiger partial charge in [-0.05, 0) is 19.1 Å². The molecular weight excluding hydrogens is 234 g/mol. The Balaban J connectivity index is 2.52. The predicted molar refractivity (Wildman–Crippen MR) is 68.0 cm³/mol. The number of benzene rings is 1. The van der Waals surface area contributed by atoms with E-state index < -0.39 is 6.10 Å². The largest absolute Gasteiger partial charge is 0.493 e. The van der Waals surface area contributed by atoms with Gasteiger partial charge in [0.1, 0.15) is 0 Å². The van der Waals surface area contributed by atoms with Crippen LogP contribution in [-0.2, 0) is 9.53 Å². The SMILES string of the molecule is COCCNC(=O)C(C)Oc1ccccc1OC. The van der Waals surface area contributed by atoms with E-state index in [0.717, 1.165) is 0 Å². The van der Waals surface area contributed by atoms with E-state index in [1.807, 2.05) is 12.1 Å². The second-order valence-corrected chi connectivity index (χ2v) is 3.69. The molecule has 0 spiro atoms. The number of ether oxygens (including phenoxy) is 3. The first-order valence-electron chi connectivity index (χ1n) is 5.75. The molecule has 5 nitrogen and oxygen atoms in total. The van der Waals surface area contributed by atoms with Gasteiger partial charge in [-0.25, -0.2) is 0 Å². The van der Waals surface area contributed by atoms with Gasteiger partial charge in [-0.3, -0.25) is 4.79 Å². The molecule has 5 heteroatoms. The Bertz CT molecular complexity index is 381. The van der Waals surface area contributed by atoms with Gasteiger partial charge in [-0.2, -0.15) is 0 Å². The maximum Gasteiger partial charge on any atom is 0.260 e. The molecule has 1 unspecified atom stereocenters. The van der Waals surface area contributed by atoms with Crippen LogP contribution in [0.3, 0.4) is 0 Å². The van der Waals surface area contributed by atoms with E-state index >= 15 is 0 Å². The van der Waals surface area contributed by atoms with E-state index in [2.05, 4.69) is 5.32 Å². The molecule has 1 atom stereocenters. The van der Waals surface area contributed by atoms with Gasteiger partial charge in [0, 0.05) is 13.7 Å². The molecule has 0 radical (unpaired) electrons. The average Bonchev–Trinajstić information content (AvgIpc) is 2.39. The predicted octanol–water partition coefficient (Wildman–Crippen LogP) is 1.23. The molecule has 0 aliphatic heterocycles. The molecule has 1 aromatic rings. The highest BCUT2D eigenvalue weighted by atomic mass is 16.5. The van der Waals surface area contributed by atoms with Crippen LogP contribution in [0.25, 0.3) is 0 Å². The van der Waals surface area contributed by atoms with Gasteiger partial charge in [0.15, 0.2) is 17.6 Å². The first-order valence-corrected chi connectivity index (χ1v) is 5.75. The maximum atomic E-state index is 11.7. The first kappa shape index (κ1) is 14.3. The summed E-state index contributed by atoms with van der Waals surface area (Å²) in [5, 5.41) is 2.71. The van der Waals surface area contributed by atoms with E-state index in [0.29, 0.717) is 24.7 Å². The van der Waals surface area contributed by atoms with Crippen molar-refractivity contribution in [2.75, 3.05) is 27.4 Å². The Kier molecular flexibility index (Phi) is 6.00. The van der Waals surface area contributed by atoms with Crippen molar-refractivity contribution in [1.29, 1.82) is 0 Å². The number of hydrogen-bond donors (Lipinski definition) is 1. The molecule has 0 saturated carbocycles. The molecule has 0 aliphatic carbocycles. The van der Waals surface area contributed by atoms with Gasteiger partial charge < -0.3 is 19.5 Å². The second-order valence-electron chi connectivity index (χ2n) is 3.69. The highest BCUT2D eigenvalue weighted by Gasteiger charge is 2.15. The van der Waals surface area contributed by atoms with Crippen LogP contribution < -0.4 is 14.8 Å². The Morgan fingerprint density at radius 2 is 1.94 bits per heavy atom. The number of carbonyl (C=O) groups excluding carboxylic acids is 1. The second kappa shape index (κ2) is 7.55.